The minimum atomic E-state index is -0.514. The second-order valence-electron chi connectivity index (χ2n) is 8.75. The molecule has 2 heterocycles. The van der Waals surface area contributed by atoms with Crippen LogP contribution in [0.2, 0.25) is 0 Å². The summed E-state index contributed by atoms with van der Waals surface area (Å²) in [7, 11) is 4.46. The highest BCUT2D eigenvalue weighted by molar-refractivity contribution is 7.99. The monoisotopic (exact) mass is 541 g/mol. The zero-order valence-corrected chi connectivity index (χ0v) is 22.5. The van der Waals surface area contributed by atoms with E-state index in [0.29, 0.717) is 59.2 Å². The average molecular weight is 542 g/mol. The van der Waals surface area contributed by atoms with Crippen LogP contribution in [0.4, 0.5) is 0 Å². The lowest BCUT2D eigenvalue weighted by Crippen LogP contribution is -2.30. The Morgan fingerprint density at radius 2 is 1.95 bits per heavy atom. The van der Waals surface area contributed by atoms with Gasteiger partial charge in [-0.1, -0.05) is 17.8 Å². The van der Waals surface area contributed by atoms with E-state index in [1.807, 2.05) is 18.2 Å². The molecular formula is C27H31N3O7S. The quantitative estimate of drug-likeness (QED) is 0.222. The number of esters is 1. The first-order valence-corrected chi connectivity index (χ1v) is 13.3. The maximum Gasteiger partial charge on any atom is 0.337 e. The number of nitrogens with zero attached hydrogens (tertiary/aromatic N) is 2. The van der Waals surface area contributed by atoms with Crippen LogP contribution in [0.3, 0.4) is 0 Å². The summed E-state index contributed by atoms with van der Waals surface area (Å²) < 4.78 is 22.7. The van der Waals surface area contributed by atoms with Crippen molar-refractivity contribution in [3.8, 4) is 11.5 Å². The van der Waals surface area contributed by atoms with Crippen LogP contribution in [-0.2, 0) is 27.2 Å². The van der Waals surface area contributed by atoms with E-state index in [1.165, 1.54) is 24.9 Å². The number of thioether (sulfide) groups is 1. The molecular weight excluding hydrogens is 510 g/mol. The number of carbonyl (C=O) groups excluding carboxylic acids is 2. The molecule has 2 aromatic carbocycles. The Morgan fingerprint density at radius 1 is 1.13 bits per heavy atom. The smallest absolute Gasteiger partial charge is 0.337 e. The Labute approximate surface area is 224 Å². The predicted octanol–water partition coefficient (Wildman–Crippen LogP) is 2.83. The SMILES string of the molecule is COC(=O)c1ccc2c(=O)n(CC3CCCO3)c(SCC(=O)NCCc3ccc(OC)c(OC)c3)nc2c1. The highest BCUT2D eigenvalue weighted by Gasteiger charge is 2.21. The third-order valence-corrected chi connectivity index (χ3v) is 7.24. The molecule has 1 aliphatic rings. The highest BCUT2D eigenvalue weighted by atomic mass is 32.2. The summed E-state index contributed by atoms with van der Waals surface area (Å²) in [6, 6.07) is 10.3. The van der Waals surface area contributed by atoms with Gasteiger partial charge in [-0.25, -0.2) is 9.78 Å². The number of benzene rings is 2. The van der Waals surface area contributed by atoms with E-state index in [4.69, 9.17) is 18.9 Å². The molecule has 4 rings (SSSR count). The van der Waals surface area contributed by atoms with Gasteiger partial charge in [0, 0.05) is 13.2 Å². The van der Waals surface area contributed by atoms with Gasteiger partial charge in [-0.15, -0.1) is 0 Å². The summed E-state index contributed by atoms with van der Waals surface area (Å²) in [4.78, 5) is 42.7. The molecule has 1 unspecified atom stereocenters. The minimum absolute atomic E-state index is 0.0755. The molecule has 0 bridgehead atoms. The van der Waals surface area contributed by atoms with E-state index in [-0.39, 0.29) is 23.3 Å². The number of carbonyl (C=O) groups is 2. The summed E-state index contributed by atoms with van der Waals surface area (Å²) in [6.07, 6.45) is 2.32. The average Bonchev–Trinajstić information content (AvgIpc) is 3.46. The summed E-state index contributed by atoms with van der Waals surface area (Å²) in [5, 5.41) is 3.70. The van der Waals surface area contributed by atoms with Crippen LogP contribution < -0.4 is 20.3 Å². The van der Waals surface area contributed by atoms with Gasteiger partial charge in [-0.2, -0.15) is 0 Å². The maximum absolute atomic E-state index is 13.4. The summed E-state index contributed by atoms with van der Waals surface area (Å²) in [5.41, 5.74) is 1.43. The molecule has 202 valence electrons. The van der Waals surface area contributed by atoms with Crippen LogP contribution in [0.1, 0.15) is 28.8 Å². The molecule has 0 radical (unpaired) electrons. The van der Waals surface area contributed by atoms with Gasteiger partial charge in [0.05, 0.1) is 56.2 Å². The van der Waals surface area contributed by atoms with Crippen molar-refractivity contribution >= 4 is 34.5 Å². The van der Waals surface area contributed by atoms with Gasteiger partial charge in [0.25, 0.3) is 5.56 Å². The number of amides is 1. The molecule has 0 saturated carbocycles. The molecule has 11 heteroatoms. The van der Waals surface area contributed by atoms with Crippen LogP contribution in [0, 0.1) is 0 Å². The fraction of sp³-hybridized carbons (Fsp3) is 0.407. The van der Waals surface area contributed by atoms with Gasteiger partial charge >= 0.3 is 5.97 Å². The molecule has 1 saturated heterocycles. The molecule has 1 atom stereocenters. The van der Waals surface area contributed by atoms with E-state index in [1.54, 1.807) is 30.9 Å². The standard InChI is InChI=1S/C27H31N3O7S/c1-34-22-9-6-17(13-23(22)35-2)10-11-28-24(31)16-38-27-29-21-14-18(26(33)36-3)7-8-20(21)25(32)30(27)15-19-5-4-12-37-19/h6-9,13-14,19H,4-5,10-12,15-16H2,1-3H3,(H,28,31). The van der Waals surface area contributed by atoms with Crippen molar-refractivity contribution in [2.75, 3.05) is 40.2 Å². The molecule has 38 heavy (non-hydrogen) atoms. The van der Waals surface area contributed by atoms with Crippen LogP contribution in [0.25, 0.3) is 10.9 Å². The Hall–Kier alpha value is -3.57. The lowest BCUT2D eigenvalue weighted by Gasteiger charge is -2.16. The van der Waals surface area contributed by atoms with Crippen molar-refractivity contribution in [1.29, 1.82) is 0 Å². The third kappa shape index (κ3) is 6.46. The van der Waals surface area contributed by atoms with E-state index >= 15 is 0 Å². The topological polar surface area (TPSA) is 118 Å². The molecule has 1 aromatic heterocycles. The van der Waals surface area contributed by atoms with Crippen molar-refractivity contribution in [3.05, 3.63) is 57.9 Å². The van der Waals surface area contributed by atoms with Crippen molar-refractivity contribution in [3.63, 3.8) is 0 Å². The van der Waals surface area contributed by atoms with Crippen LogP contribution in [0.5, 0.6) is 11.5 Å². The lowest BCUT2D eigenvalue weighted by molar-refractivity contribution is -0.118. The molecule has 1 N–H and O–H groups in total. The normalized spacial score (nSPS) is 14.9. The number of hydrogen-bond acceptors (Lipinski definition) is 9. The van der Waals surface area contributed by atoms with Gasteiger partial charge in [-0.3, -0.25) is 14.2 Å². The minimum Gasteiger partial charge on any atom is -0.493 e. The zero-order valence-electron chi connectivity index (χ0n) is 21.7. The van der Waals surface area contributed by atoms with Gasteiger partial charge in [-0.05, 0) is 55.2 Å². The van der Waals surface area contributed by atoms with E-state index in [0.717, 1.165) is 18.4 Å². The molecule has 10 nitrogen and oxygen atoms in total. The Bertz CT molecular complexity index is 1370. The van der Waals surface area contributed by atoms with Gasteiger partial charge in [0.15, 0.2) is 16.7 Å². The number of ether oxygens (including phenoxy) is 4. The number of hydrogen-bond donors (Lipinski definition) is 1. The van der Waals surface area contributed by atoms with Crippen molar-refractivity contribution in [2.24, 2.45) is 0 Å². The first-order valence-electron chi connectivity index (χ1n) is 12.3. The largest absolute Gasteiger partial charge is 0.493 e. The summed E-state index contributed by atoms with van der Waals surface area (Å²) >= 11 is 1.18. The zero-order chi connectivity index (χ0) is 27.1. The Kier molecular flexibility index (Phi) is 9.24. The second-order valence-corrected chi connectivity index (χ2v) is 9.69. The fourth-order valence-electron chi connectivity index (χ4n) is 4.27. The number of rotatable bonds is 11. The van der Waals surface area contributed by atoms with Gasteiger partial charge in [0.1, 0.15) is 0 Å². The summed E-state index contributed by atoms with van der Waals surface area (Å²) in [6.45, 7) is 1.45. The van der Waals surface area contributed by atoms with E-state index in [2.05, 4.69) is 10.3 Å². The molecule has 1 amide bonds. The number of nitrogens with one attached hydrogen (secondary N) is 1. The van der Waals surface area contributed by atoms with Crippen molar-refractivity contribution in [2.45, 2.75) is 37.1 Å². The molecule has 1 aliphatic heterocycles. The predicted molar refractivity (Wildman–Crippen MR) is 143 cm³/mol. The van der Waals surface area contributed by atoms with Crippen LogP contribution >= 0.6 is 11.8 Å². The first kappa shape index (κ1) is 27.5. The molecule has 3 aromatic rings. The third-order valence-electron chi connectivity index (χ3n) is 6.27. The Balaban J connectivity index is 1.47. The lowest BCUT2D eigenvalue weighted by atomic mass is 10.1. The number of aromatic nitrogens is 2. The highest BCUT2D eigenvalue weighted by Crippen LogP contribution is 2.27. The molecule has 0 aliphatic carbocycles. The Morgan fingerprint density at radius 3 is 2.66 bits per heavy atom. The van der Waals surface area contributed by atoms with Gasteiger partial charge < -0.3 is 24.3 Å². The van der Waals surface area contributed by atoms with E-state index in [9.17, 15) is 14.4 Å². The van der Waals surface area contributed by atoms with Crippen LogP contribution in [-0.4, -0.2) is 67.8 Å². The molecule has 1 fully saturated rings. The van der Waals surface area contributed by atoms with Crippen LogP contribution in [0.15, 0.2) is 46.3 Å². The number of methoxy groups -OCH3 is 3. The first-order chi connectivity index (χ1) is 18.4. The van der Waals surface area contributed by atoms with Gasteiger partial charge in [0.2, 0.25) is 5.91 Å². The maximum atomic E-state index is 13.4. The molecule has 0 spiro atoms. The fourth-order valence-corrected chi connectivity index (χ4v) is 5.11. The second kappa shape index (κ2) is 12.8. The van der Waals surface area contributed by atoms with Crippen molar-refractivity contribution < 1.29 is 28.5 Å². The van der Waals surface area contributed by atoms with E-state index < -0.39 is 5.97 Å². The summed E-state index contributed by atoms with van der Waals surface area (Å²) in [5.74, 6) is 0.657. The van der Waals surface area contributed by atoms with Crippen molar-refractivity contribution in [1.82, 2.24) is 14.9 Å². The number of fused-ring (bicyclic) bond motifs is 1.